The Morgan fingerprint density at radius 2 is 2.03 bits per heavy atom. The zero-order valence-electron chi connectivity index (χ0n) is 15.8. The van der Waals surface area contributed by atoms with E-state index < -0.39 is 17.6 Å². The number of hydrogen-bond donors (Lipinski definition) is 1. The van der Waals surface area contributed by atoms with Crippen LogP contribution < -0.4 is 10.2 Å². The van der Waals surface area contributed by atoms with Gasteiger partial charge in [-0.05, 0) is 18.6 Å². The summed E-state index contributed by atoms with van der Waals surface area (Å²) in [6, 6.07) is 3.07. The van der Waals surface area contributed by atoms with Crippen LogP contribution in [0.2, 0.25) is 0 Å². The minimum absolute atomic E-state index is 0. The number of aryl methyl sites for hydroxylation is 1. The minimum atomic E-state index is -1.02. The zero-order chi connectivity index (χ0) is 19.8. The van der Waals surface area contributed by atoms with E-state index in [4.69, 9.17) is 0 Å². The van der Waals surface area contributed by atoms with Gasteiger partial charge in [-0.2, -0.15) is 0 Å². The Kier molecular flexibility index (Phi) is 6.18. The number of anilines is 1. The van der Waals surface area contributed by atoms with Crippen LogP contribution in [-0.4, -0.2) is 52.4 Å². The highest BCUT2D eigenvalue weighted by molar-refractivity contribution is 6.09. The fourth-order valence-corrected chi connectivity index (χ4v) is 3.92. The van der Waals surface area contributed by atoms with Gasteiger partial charge in [0.1, 0.15) is 17.8 Å². The molecule has 0 bridgehead atoms. The standard InChI is InChI=1S/C19H21F2N5O2.ClH/c1-24-8-6-23-17(24)16-11-22-5-9-26(16)19(28)13-4-7-25(18(13)27)12-2-3-14(20)15(21)10-12;/h2-3,6,8,10,13,16,22H,4-5,7,9,11H2,1H3;1H. The van der Waals surface area contributed by atoms with E-state index in [9.17, 15) is 18.4 Å². The highest BCUT2D eigenvalue weighted by Gasteiger charge is 2.42. The Bertz CT molecular complexity index is 922. The van der Waals surface area contributed by atoms with E-state index in [1.165, 1.54) is 11.0 Å². The van der Waals surface area contributed by atoms with Gasteiger partial charge in [-0.3, -0.25) is 9.59 Å². The smallest absolute Gasteiger partial charge is 0.239 e. The highest BCUT2D eigenvalue weighted by atomic mass is 35.5. The molecule has 1 N–H and O–H groups in total. The number of benzene rings is 1. The predicted octanol–water partition coefficient (Wildman–Crippen LogP) is 1.65. The third kappa shape index (κ3) is 3.84. The van der Waals surface area contributed by atoms with Crippen LogP contribution in [0.1, 0.15) is 18.3 Å². The molecule has 7 nitrogen and oxygen atoms in total. The number of aromatic nitrogens is 2. The van der Waals surface area contributed by atoms with Gasteiger partial charge in [0.2, 0.25) is 11.8 Å². The molecule has 0 radical (unpaired) electrons. The first-order chi connectivity index (χ1) is 13.5. The number of halogens is 3. The summed E-state index contributed by atoms with van der Waals surface area (Å²) in [4.78, 5) is 33.5. The molecular weight excluding hydrogens is 404 g/mol. The number of piperazine rings is 1. The van der Waals surface area contributed by atoms with Crippen LogP contribution in [0, 0.1) is 17.6 Å². The van der Waals surface area contributed by atoms with Crippen molar-refractivity contribution >= 4 is 29.9 Å². The largest absolute Gasteiger partial charge is 0.336 e. The lowest BCUT2D eigenvalue weighted by Crippen LogP contribution is -2.52. The summed E-state index contributed by atoms with van der Waals surface area (Å²) in [5.74, 6) is -2.69. The van der Waals surface area contributed by atoms with Crippen LogP contribution in [0.15, 0.2) is 30.6 Å². The van der Waals surface area contributed by atoms with Crippen LogP contribution in [0.5, 0.6) is 0 Å². The lowest BCUT2D eigenvalue weighted by molar-refractivity contribution is -0.142. The van der Waals surface area contributed by atoms with Gasteiger partial charge in [0, 0.05) is 57.4 Å². The minimum Gasteiger partial charge on any atom is -0.336 e. The monoisotopic (exact) mass is 425 g/mol. The Labute approximate surface area is 173 Å². The number of imidazole rings is 1. The van der Waals surface area contributed by atoms with E-state index in [0.29, 0.717) is 32.6 Å². The first-order valence-electron chi connectivity index (χ1n) is 9.22. The summed E-state index contributed by atoms with van der Waals surface area (Å²) in [6.45, 7) is 1.97. The number of amides is 2. The van der Waals surface area contributed by atoms with Gasteiger partial charge >= 0.3 is 0 Å². The second-order valence-electron chi connectivity index (χ2n) is 7.08. The second-order valence-corrected chi connectivity index (χ2v) is 7.08. The van der Waals surface area contributed by atoms with Crippen LogP contribution in [0.3, 0.4) is 0 Å². The Hall–Kier alpha value is -2.52. The normalized spacial score (nSPS) is 22.0. The summed E-state index contributed by atoms with van der Waals surface area (Å²) < 4.78 is 28.6. The molecule has 2 unspecified atom stereocenters. The lowest BCUT2D eigenvalue weighted by atomic mass is 10.0. The molecule has 2 aliphatic rings. The summed E-state index contributed by atoms with van der Waals surface area (Å²) in [5.41, 5.74) is 0.264. The third-order valence-corrected chi connectivity index (χ3v) is 5.40. The van der Waals surface area contributed by atoms with Crippen molar-refractivity contribution in [3.05, 3.63) is 48.1 Å². The molecule has 2 amide bonds. The number of carbonyl (C=O) groups is 2. The first-order valence-corrected chi connectivity index (χ1v) is 9.22. The van der Waals surface area contributed by atoms with Crippen molar-refractivity contribution in [1.29, 1.82) is 0 Å². The van der Waals surface area contributed by atoms with E-state index in [1.54, 1.807) is 11.1 Å². The maximum Gasteiger partial charge on any atom is 0.239 e. The molecule has 2 saturated heterocycles. The molecular formula is C19H22ClF2N5O2. The van der Waals surface area contributed by atoms with E-state index in [-0.39, 0.29) is 36.0 Å². The van der Waals surface area contributed by atoms with Crippen molar-refractivity contribution in [1.82, 2.24) is 19.8 Å². The quantitative estimate of drug-likeness (QED) is 0.759. The van der Waals surface area contributed by atoms with E-state index in [0.717, 1.165) is 18.0 Å². The molecule has 0 spiro atoms. The van der Waals surface area contributed by atoms with Crippen molar-refractivity contribution in [2.45, 2.75) is 12.5 Å². The summed E-state index contributed by atoms with van der Waals surface area (Å²) in [5, 5.41) is 3.26. The molecule has 2 fully saturated rings. The second kappa shape index (κ2) is 8.46. The molecule has 1 aromatic carbocycles. The molecule has 29 heavy (non-hydrogen) atoms. The van der Waals surface area contributed by atoms with Crippen LogP contribution in [0.4, 0.5) is 14.5 Å². The van der Waals surface area contributed by atoms with Gasteiger partial charge in [-0.15, -0.1) is 12.4 Å². The van der Waals surface area contributed by atoms with Gasteiger partial charge in [-0.25, -0.2) is 13.8 Å². The molecule has 2 aliphatic heterocycles. The van der Waals surface area contributed by atoms with Crippen molar-refractivity contribution in [2.24, 2.45) is 13.0 Å². The van der Waals surface area contributed by atoms with Crippen molar-refractivity contribution in [3.8, 4) is 0 Å². The van der Waals surface area contributed by atoms with Gasteiger partial charge in [0.05, 0.1) is 0 Å². The van der Waals surface area contributed by atoms with Crippen LogP contribution >= 0.6 is 12.4 Å². The Morgan fingerprint density at radius 1 is 1.24 bits per heavy atom. The number of carbonyl (C=O) groups excluding carboxylic acids is 2. The fourth-order valence-electron chi connectivity index (χ4n) is 3.92. The topological polar surface area (TPSA) is 70.5 Å². The maximum atomic E-state index is 13.5. The Balaban J connectivity index is 0.00000240. The number of nitrogens with zero attached hydrogens (tertiary/aromatic N) is 4. The average molecular weight is 426 g/mol. The third-order valence-electron chi connectivity index (χ3n) is 5.40. The van der Waals surface area contributed by atoms with Crippen molar-refractivity contribution in [3.63, 3.8) is 0 Å². The van der Waals surface area contributed by atoms with Crippen LogP contribution in [0.25, 0.3) is 0 Å². The van der Waals surface area contributed by atoms with Gasteiger partial charge < -0.3 is 19.7 Å². The molecule has 0 aliphatic carbocycles. The summed E-state index contributed by atoms with van der Waals surface area (Å²) in [7, 11) is 1.87. The Morgan fingerprint density at radius 3 is 2.72 bits per heavy atom. The van der Waals surface area contributed by atoms with Crippen molar-refractivity contribution in [2.75, 3.05) is 31.1 Å². The SMILES string of the molecule is Cl.Cn1ccnc1C1CNCCN1C(=O)C1CCN(c2ccc(F)c(F)c2)C1=O. The molecule has 10 heteroatoms. The molecule has 2 aromatic rings. The fraction of sp³-hybridized carbons (Fsp3) is 0.421. The van der Waals surface area contributed by atoms with Crippen molar-refractivity contribution < 1.29 is 18.4 Å². The molecule has 1 aromatic heterocycles. The maximum absolute atomic E-state index is 13.5. The highest BCUT2D eigenvalue weighted by Crippen LogP contribution is 2.30. The van der Waals surface area contributed by atoms with Gasteiger partial charge in [0.15, 0.2) is 11.6 Å². The van der Waals surface area contributed by atoms with E-state index in [1.807, 2.05) is 17.8 Å². The molecule has 3 heterocycles. The zero-order valence-corrected chi connectivity index (χ0v) is 16.7. The number of nitrogens with one attached hydrogen (secondary N) is 1. The first kappa shape index (κ1) is 21.2. The van der Waals surface area contributed by atoms with Crippen LogP contribution in [-0.2, 0) is 16.6 Å². The summed E-state index contributed by atoms with van der Waals surface area (Å²) >= 11 is 0. The van der Waals surface area contributed by atoms with E-state index in [2.05, 4.69) is 10.3 Å². The number of rotatable bonds is 3. The lowest BCUT2D eigenvalue weighted by Gasteiger charge is -2.37. The molecule has 2 atom stereocenters. The molecule has 156 valence electrons. The van der Waals surface area contributed by atoms with E-state index >= 15 is 0 Å². The average Bonchev–Trinajstić information content (AvgIpc) is 3.29. The molecule has 0 saturated carbocycles. The predicted molar refractivity (Wildman–Crippen MR) is 105 cm³/mol. The number of hydrogen-bond acceptors (Lipinski definition) is 4. The summed E-state index contributed by atoms with van der Waals surface area (Å²) in [6.07, 6.45) is 3.84. The van der Waals surface area contributed by atoms with Gasteiger partial charge in [0.25, 0.3) is 0 Å². The molecule has 4 rings (SSSR count). The van der Waals surface area contributed by atoms with Gasteiger partial charge in [-0.1, -0.05) is 0 Å².